The molecule has 0 spiro atoms. The molecule has 0 atom stereocenters. The molecule has 26 heavy (non-hydrogen) atoms. The largest absolute Gasteiger partial charge is 0.454 e. The molecule has 2 aromatic carbocycles. The van der Waals surface area contributed by atoms with Gasteiger partial charge < -0.3 is 25.8 Å². The first-order valence-corrected chi connectivity index (χ1v) is 7.86. The van der Waals surface area contributed by atoms with E-state index in [1.54, 1.807) is 42.5 Å². The van der Waals surface area contributed by atoms with E-state index in [-0.39, 0.29) is 25.7 Å². The monoisotopic (exact) mass is 355 g/mol. The lowest BCUT2D eigenvalue weighted by Gasteiger charge is -2.08. The predicted molar refractivity (Wildman–Crippen MR) is 92.9 cm³/mol. The number of carbonyl (C=O) groups excluding carboxylic acids is 3. The Labute approximate surface area is 149 Å². The molecule has 0 unspecified atom stereocenters. The van der Waals surface area contributed by atoms with Gasteiger partial charge in [0.1, 0.15) is 0 Å². The zero-order chi connectivity index (χ0) is 18.5. The van der Waals surface area contributed by atoms with Crippen LogP contribution in [0.4, 0.5) is 5.69 Å². The summed E-state index contributed by atoms with van der Waals surface area (Å²) in [6.07, 6.45) is 0.139. The third-order valence-electron chi connectivity index (χ3n) is 3.66. The average molecular weight is 355 g/mol. The van der Waals surface area contributed by atoms with Crippen LogP contribution in [0.25, 0.3) is 0 Å². The molecule has 0 aromatic heterocycles. The lowest BCUT2D eigenvalue weighted by atomic mass is 10.1. The molecule has 134 valence electrons. The zero-order valence-corrected chi connectivity index (χ0v) is 13.8. The van der Waals surface area contributed by atoms with E-state index in [1.807, 2.05) is 0 Å². The number of carbonyl (C=O) groups is 3. The van der Waals surface area contributed by atoms with Crippen LogP contribution < -0.4 is 25.8 Å². The van der Waals surface area contributed by atoms with Crippen LogP contribution in [0.1, 0.15) is 15.9 Å². The summed E-state index contributed by atoms with van der Waals surface area (Å²) in [4.78, 5) is 34.9. The van der Waals surface area contributed by atoms with Crippen molar-refractivity contribution in [1.29, 1.82) is 0 Å². The summed E-state index contributed by atoms with van der Waals surface area (Å²) in [6.45, 7) is -0.0582. The molecular weight excluding hydrogens is 338 g/mol. The molecule has 0 saturated carbocycles. The van der Waals surface area contributed by atoms with Gasteiger partial charge >= 0.3 is 0 Å². The number of ether oxygens (including phenoxy) is 2. The Balaban J connectivity index is 1.50. The van der Waals surface area contributed by atoms with E-state index < -0.39 is 11.8 Å². The van der Waals surface area contributed by atoms with Crippen molar-refractivity contribution in [2.24, 2.45) is 5.73 Å². The molecule has 1 aliphatic heterocycles. The SMILES string of the molecule is NC(=O)Cc1ccc(NC(=O)CNC(=O)c2ccc3c(c2)OCO3)cc1. The second-order valence-electron chi connectivity index (χ2n) is 5.64. The molecule has 4 N–H and O–H groups in total. The maximum absolute atomic E-state index is 12.1. The number of fused-ring (bicyclic) bond motifs is 1. The van der Waals surface area contributed by atoms with Gasteiger partial charge in [-0.05, 0) is 35.9 Å². The molecular formula is C18H17N3O5. The summed E-state index contributed by atoms with van der Waals surface area (Å²) >= 11 is 0. The second kappa shape index (κ2) is 7.56. The molecule has 0 fully saturated rings. The second-order valence-corrected chi connectivity index (χ2v) is 5.64. The average Bonchev–Trinajstić information content (AvgIpc) is 3.08. The lowest BCUT2D eigenvalue weighted by Crippen LogP contribution is -2.32. The number of benzene rings is 2. The molecule has 0 radical (unpaired) electrons. The van der Waals surface area contributed by atoms with Crippen LogP contribution in [-0.2, 0) is 16.0 Å². The number of primary amides is 1. The smallest absolute Gasteiger partial charge is 0.251 e. The van der Waals surface area contributed by atoms with E-state index in [9.17, 15) is 14.4 Å². The number of hydrogen-bond donors (Lipinski definition) is 3. The highest BCUT2D eigenvalue weighted by Gasteiger charge is 2.16. The van der Waals surface area contributed by atoms with Crippen LogP contribution in [0.2, 0.25) is 0 Å². The van der Waals surface area contributed by atoms with E-state index in [0.717, 1.165) is 5.56 Å². The van der Waals surface area contributed by atoms with Gasteiger partial charge in [0.25, 0.3) is 5.91 Å². The Morgan fingerprint density at radius 2 is 1.73 bits per heavy atom. The molecule has 8 nitrogen and oxygen atoms in total. The Bertz CT molecular complexity index is 848. The molecule has 8 heteroatoms. The van der Waals surface area contributed by atoms with Crippen LogP contribution in [-0.4, -0.2) is 31.1 Å². The van der Waals surface area contributed by atoms with Crippen molar-refractivity contribution in [2.75, 3.05) is 18.7 Å². The van der Waals surface area contributed by atoms with Gasteiger partial charge in [0, 0.05) is 11.3 Å². The number of amides is 3. The minimum absolute atomic E-state index is 0.126. The normalized spacial score (nSPS) is 11.7. The van der Waals surface area contributed by atoms with Gasteiger partial charge in [0.05, 0.1) is 13.0 Å². The number of rotatable bonds is 6. The third-order valence-corrected chi connectivity index (χ3v) is 3.66. The molecule has 0 bridgehead atoms. The Hall–Kier alpha value is -3.55. The van der Waals surface area contributed by atoms with E-state index in [0.29, 0.717) is 22.7 Å². The Morgan fingerprint density at radius 3 is 2.46 bits per heavy atom. The molecule has 1 heterocycles. The van der Waals surface area contributed by atoms with Crippen LogP contribution in [0, 0.1) is 0 Å². The van der Waals surface area contributed by atoms with Crippen molar-refractivity contribution in [1.82, 2.24) is 5.32 Å². The summed E-state index contributed by atoms with van der Waals surface area (Å²) in [5.74, 6) is -0.109. The first-order valence-electron chi connectivity index (χ1n) is 7.86. The van der Waals surface area contributed by atoms with Gasteiger partial charge in [0.15, 0.2) is 11.5 Å². The fourth-order valence-electron chi connectivity index (χ4n) is 2.41. The van der Waals surface area contributed by atoms with Crippen molar-refractivity contribution in [2.45, 2.75) is 6.42 Å². The fraction of sp³-hybridized carbons (Fsp3) is 0.167. The third kappa shape index (κ3) is 4.29. The lowest BCUT2D eigenvalue weighted by molar-refractivity contribution is -0.117. The first-order chi connectivity index (χ1) is 12.5. The molecule has 0 saturated heterocycles. The van der Waals surface area contributed by atoms with Crippen molar-refractivity contribution < 1.29 is 23.9 Å². The van der Waals surface area contributed by atoms with Gasteiger partial charge in [-0.15, -0.1) is 0 Å². The fourth-order valence-corrected chi connectivity index (χ4v) is 2.41. The van der Waals surface area contributed by atoms with Crippen molar-refractivity contribution in [3.05, 3.63) is 53.6 Å². The number of nitrogens with two attached hydrogens (primary N) is 1. The van der Waals surface area contributed by atoms with Gasteiger partial charge in [-0.3, -0.25) is 14.4 Å². The minimum atomic E-state index is -0.423. The van der Waals surface area contributed by atoms with E-state index in [1.165, 1.54) is 0 Å². The molecule has 1 aliphatic rings. The van der Waals surface area contributed by atoms with E-state index in [4.69, 9.17) is 15.2 Å². The molecule has 3 rings (SSSR count). The van der Waals surface area contributed by atoms with Crippen molar-refractivity contribution in [3.63, 3.8) is 0 Å². The van der Waals surface area contributed by atoms with Crippen LogP contribution in [0.5, 0.6) is 11.5 Å². The van der Waals surface area contributed by atoms with E-state index in [2.05, 4.69) is 10.6 Å². The summed E-state index contributed by atoms with van der Waals surface area (Å²) in [5.41, 5.74) is 6.81. The molecule has 2 aromatic rings. The molecule has 0 aliphatic carbocycles. The maximum atomic E-state index is 12.1. The highest BCUT2D eigenvalue weighted by atomic mass is 16.7. The zero-order valence-electron chi connectivity index (χ0n) is 13.8. The van der Waals surface area contributed by atoms with Gasteiger partial charge in [-0.25, -0.2) is 0 Å². The summed E-state index contributed by atoms with van der Waals surface area (Å²) < 4.78 is 10.4. The minimum Gasteiger partial charge on any atom is -0.454 e. The highest BCUT2D eigenvalue weighted by Crippen LogP contribution is 2.32. The quantitative estimate of drug-likeness (QED) is 0.708. The standard InChI is InChI=1S/C18H17N3O5/c19-16(22)7-11-1-4-13(5-2-11)21-17(23)9-20-18(24)12-3-6-14-15(8-12)26-10-25-14/h1-6,8H,7,9-10H2,(H2,19,22)(H,20,24)(H,21,23). The van der Waals surface area contributed by atoms with Crippen LogP contribution in [0.15, 0.2) is 42.5 Å². The Morgan fingerprint density at radius 1 is 1.00 bits per heavy atom. The van der Waals surface area contributed by atoms with E-state index >= 15 is 0 Å². The van der Waals surface area contributed by atoms with Gasteiger partial charge in [-0.2, -0.15) is 0 Å². The number of anilines is 1. The maximum Gasteiger partial charge on any atom is 0.251 e. The van der Waals surface area contributed by atoms with Crippen molar-refractivity contribution >= 4 is 23.4 Å². The topological polar surface area (TPSA) is 120 Å². The number of nitrogens with one attached hydrogen (secondary N) is 2. The number of hydrogen-bond acceptors (Lipinski definition) is 5. The van der Waals surface area contributed by atoms with Crippen LogP contribution in [0.3, 0.4) is 0 Å². The van der Waals surface area contributed by atoms with Crippen LogP contribution >= 0.6 is 0 Å². The summed E-state index contributed by atoms with van der Waals surface area (Å²) in [5, 5.41) is 5.20. The predicted octanol–water partition coefficient (Wildman–Crippen LogP) is 0.812. The molecule has 3 amide bonds. The van der Waals surface area contributed by atoms with Gasteiger partial charge in [0.2, 0.25) is 18.6 Å². The summed E-state index contributed by atoms with van der Waals surface area (Å²) in [6, 6.07) is 11.5. The Kier molecular flexibility index (Phi) is 5.02. The first kappa shape index (κ1) is 17.3. The van der Waals surface area contributed by atoms with Crippen molar-refractivity contribution in [3.8, 4) is 11.5 Å². The highest BCUT2D eigenvalue weighted by molar-refractivity contribution is 5.99. The summed E-state index contributed by atoms with van der Waals surface area (Å²) in [7, 11) is 0. The van der Waals surface area contributed by atoms with Gasteiger partial charge in [-0.1, -0.05) is 12.1 Å².